The summed E-state index contributed by atoms with van der Waals surface area (Å²) in [7, 11) is 0. The lowest BCUT2D eigenvalue weighted by atomic mass is 10.1. The van der Waals surface area contributed by atoms with Crippen LogP contribution in [-0.2, 0) is 9.53 Å². The predicted molar refractivity (Wildman–Crippen MR) is 60.7 cm³/mol. The molecule has 1 aliphatic carbocycles. The van der Waals surface area contributed by atoms with Gasteiger partial charge in [0.15, 0.2) is 0 Å². The van der Waals surface area contributed by atoms with Crippen LogP contribution in [0.2, 0.25) is 0 Å². The number of hydrogen-bond donors (Lipinski definition) is 0. The number of esters is 1. The van der Waals surface area contributed by atoms with Crippen LogP contribution >= 0.6 is 22.6 Å². The van der Waals surface area contributed by atoms with Crippen LogP contribution in [0.3, 0.4) is 0 Å². The average Bonchev–Trinajstić information content (AvgIpc) is 2.57. The number of halogens is 1. The second-order valence-electron chi connectivity index (χ2n) is 3.28. The molecule has 0 saturated heterocycles. The summed E-state index contributed by atoms with van der Waals surface area (Å²) in [6, 6.07) is 0. The fourth-order valence-corrected chi connectivity index (χ4v) is 2.26. The van der Waals surface area contributed by atoms with Gasteiger partial charge in [-0.2, -0.15) is 0 Å². The molecule has 0 atom stereocenters. The van der Waals surface area contributed by atoms with Gasteiger partial charge in [-0.15, -0.1) is 0 Å². The van der Waals surface area contributed by atoms with Gasteiger partial charge in [0.1, 0.15) is 0 Å². The topological polar surface area (TPSA) is 26.3 Å². The van der Waals surface area contributed by atoms with E-state index in [0.29, 0.717) is 12.5 Å². The summed E-state index contributed by atoms with van der Waals surface area (Å²) >= 11 is 2.07. The molecule has 0 N–H and O–H groups in total. The average molecular weight is 294 g/mol. The second kappa shape index (κ2) is 5.62. The first-order chi connectivity index (χ1) is 6.24. The molecule has 0 unspecified atom stereocenters. The highest BCUT2D eigenvalue weighted by molar-refractivity contribution is 14.1. The van der Waals surface area contributed by atoms with E-state index in [-0.39, 0.29) is 5.97 Å². The van der Waals surface area contributed by atoms with Crippen LogP contribution in [0.1, 0.15) is 32.6 Å². The smallest absolute Gasteiger partial charge is 0.344 e. The second-order valence-corrected chi connectivity index (χ2v) is 4.44. The minimum atomic E-state index is -0.171. The summed E-state index contributed by atoms with van der Waals surface area (Å²) in [5.74, 6) is 0.436. The summed E-state index contributed by atoms with van der Waals surface area (Å²) in [4.78, 5) is 11.2. The van der Waals surface area contributed by atoms with Crippen molar-refractivity contribution in [1.29, 1.82) is 0 Å². The summed E-state index contributed by atoms with van der Waals surface area (Å²) in [5.41, 5.74) is 0. The first kappa shape index (κ1) is 11.0. The third-order valence-corrected chi connectivity index (χ3v) is 3.05. The van der Waals surface area contributed by atoms with Gasteiger partial charge in [0, 0.05) is 0 Å². The van der Waals surface area contributed by atoms with E-state index in [9.17, 15) is 4.79 Å². The third kappa shape index (κ3) is 3.67. The molecule has 0 radical (unpaired) electrons. The Morgan fingerprint density at radius 1 is 1.54 bits per heavy atom. The van der Waals surface area contributed by atoms with Gasteiger partial charge in [-0.25, -0.2) is 4.79 Å². The summed E-state index contributed by atoms with van der Waals surface area (Å²) in [5, 5.41) is 0. The van der Waals surface area contributed by atoms with Crippen molar-refractivity contribution in [3.8, 4) is 0 Å². The van der Waals surface area contributed by atoms with Crippen molar-refractivity contribution in [3.63, 3.8) is 0 Å². The zero-order valence-electron chi connectivity index (χ0n) is 7.88. The molecule has 3 heteroatoms. The SMILES string of the molecule is CCOC(=O)/C(I)=C/C1CCCC1. The molecule has 0 aromatic heterocycles. The largest absolute Gasteiger partial charge is 0.462 e. The van der Waals surface area contributed by atoms with Crippen molar-refractivity contribution in [2.24, 2.45) is 5.92 Å². The maximum atomic E-state index is 11.2. The van der Waals surface area contributed by atoms with E-state index in [1.165, 1.54) is 25.7 Å². The van der Waals surface area contributed by atoms with Crippen LogP contribution in [0.25, 0.3) is 0 Å². The van der Waals surface area contributed by atoms with Crippen molar-refractivity contribution in [2.45, 2.75) is 32.6 Å². The highest BCUT2D eigenvalue weighted by Crippen LogP contribution is 2.28. The fraction of sp³-hybridized carbons (Fsp3) is 0.700. The third-order valence-electron chi connectivity index (χ3n) is 2.25. The number of carbonyl (C=O) groups excluding carboxylic acids is 1. The molecule has 74 valence electrons. The van der Waals surface area contributed by atoms with Crippen LogP contribution in [0.4, 0.5) is 0 Å². The molecule has 1 fully saturated rings. The Morgan fingerprint density at radius 2 is 2.15 bits per heavy atom. The number of ether oxygens (including phenoxy) is 1. The molecule has 0 aromatic carbocycles. The molecule has 0 amide bonds. The van der Waals surface area contributed by atoms with Gasteiger partial charge in [0.25, 0.3) is 0 Å². The first-order valence-corrected chi connectivity index (χ1v) is 5.86. The highest BCUT2D eigenvalue weighted by atomic mass is 127. The summed E-state index contributed by atoms with van der Waals surface area (Å²) in [6.07, 6.45) is 7.12. The molecule has 1 aliphatic rings. The van der Waals surface area contributed by atoms with Crippen LogP contribution in [0.15, 0.2) is 9.66 Å². The van der Waals surface area contributed by atoms with Gasteiger partial charge in [-0.1, -0.05) is 18.9 Å². The van der Waals surface area contributed by atoms with Gasteiger partial charge in [0.2, 0.25) is 0 Å². The van der Waals surface area contributed by atoms with Crippen LogP contribution in [0.5, 0.6) is 0 Å². The first-order valence-electron chi connectivity index (χ1n) is 4.78. The van der Waals surface area contributed by atoms with Gasteiger partial charge >= 0.3 is 5.97 Å². The minimum Gasteiger partial charge on any atom is -0.462 e. The van der Waals surface area contributed by atoms with Gasteiger partial charge < -0.3 is 4.74 Å². The van der Waals surface area contributed by atoms with Crippen molar-refractivity contribution < 1.29 is 9.53 Å². The molecule has 0 spiro atoms. The van der Waals surface area contributed by atoms with Crippen molar-refractivity contribution >= 4 is 28.6 Å². The Kier molecular flexibility index (Phi) is 4.77. The molecule has 1 saturated carbocycles. The van der Waals surface area contributed by atoms with Crippen LogP contribution < -0.4 is 0 Å². The van der Waals surface area contributed by atoms with Gasteiger partial charge in [0.05, 0.1) is 10.2 Å². The molecule has 0 aliphatic heterocycles. The maximum Gasteiger partial charge on any atom is 0.344 e. The van der Waals surface area contributed by atoms with Gasteiger partial charge in [-0.05, 0) is 48.3 Å². The molecule has 0 aromatic rings. The van der Waals surface area contributed by atoms with E-state index in [2.05, 4.69) is 28.7 Å². The van der Waals surface area contributed by atoms with E-state index < -0.39 is 0 Å². The molecule has 0 heterocycles. The van der Waals surface area contributed by atoms with E-state index in [1.807, 2.05) is 6.92 Å². The maximum absolute atomic E-state index is 11.2. The minimum absolute atomic E-state index is 0.171. The summed E-state index contributed by atoms with van der Waals surface area (Å²) in [6.45, 7) is 2.29. The molecule has 13 heavy (non-hydrogen) atoms. The van der Waals surface area contributed by atoms with E-state index >= 15 is 0 Å². The lowest BCUT2D eigenvalue weighted by molar-refractivity contribution is -0.137. The molecule has 0 bridgehead atoms. The molecular formula is C10H15IO2. The normalized spacial score (nSPS) is 19.1. The van der Waals surface area contributed by atoms with Gasteiger partial charge in [-0.3, -0.25) is 0 Å². The van der Waals surface area contributed by atoms with Crippen molar-refractivity contribution in [1.82, 2.24) is 0 Å². The standard InChI is InChI=1S/C10H15IO2/c1-2-13-10(12)9(11)7-8-5-3-4-6-8/h7-8H,2-6H2,1H3/b9-7-. The molecule has 1 rings (SSSR count). The Balaban J connectivity index is 2.44. The Morgan fingerprint density at radius 3 is 2.69 bits per heavy atom. The Bertz CT molecular complexity index is 205. The highest BCUT2D eigenvalue weighted by Gasteiger charge is 2.15. The van der Waals surface area contributed by atoms with E-state index in [1.54, 1.807) is 0 Å². The lowest BCUT2D eigenvalue weighted by Gasteiger charge is -2.03. The van der Waals surface area contributed by atoms with Crippen molar-refractivity contribution in [2.75, 3.05) is 6.61 Å². The predicted octanol–water partition coefficient (Wildman–Crippen LogP) is 3.06. The molecular weight excluding hydrogens is 279 g/mol. The summed E-state index contributed by atoms with van der Waals surface area (Å²) < 4.78 is 5.64. The monoisotopic (exact) mass is 294 g/mol. The molecule has 2 nitrogen and oxygen atoms in total. The van der Waals surface area contributed by atoms with Crippen LogP contribution in [0, 0.1) is 5.92 Å². The number of hydrogen-bond acceptors (Lipinski definition) is 2. The van der Waals surface area contributed by atoms with E-state index in [0.717, 1.165) is 3.58 Å². The quantitative estimate of drug-likeness (QED) is 0.454. The van der Waals surface area contributed by atoms with E-state index in [4.69, 9.17) is 4.74 Å². The Labute approximate surface area is 92.9 Å². The van der Waals surface area contributed by atoms with Crippen LogP contribution in [-0.4, -0.2) is 12.6 Å². The zero-order chi connectivity index (χ0) is 9.68. The number of rotatable bonds is 3. The number of allylic oxidation sites excluding steroid dienone is 1. The fourth-order valence-electron chi connectivity index (χ4n) is 1.60. The Hall–Kier alpha value is -0.0600. The number of carbonyl (C=O) groups is 1. The lowest BCUT2D eigenvalue weighted by Crippen LogP contribution is -2.04. The zero-order valence-corrected chi connectivity index (χ0v) is 10.0. The van der Waals surface area contributed by atoms with Crippen molar-refractivity contribution in [3.05, 3.63) is 9.66 Å².